The van der Waals surface area contributed by atoms with Gasteiger partial charge in [-0.1, -0.05) is 6.08 Å². The highest BCUT2D eigenvalue weighted by molar-refractivity contribution is 5.40. The van der Waals surface area contributed by atoms with Crippen molar-refractivity contribution in [3.8, 4) is 0 Å². The van der Waals surface area contributed by atoms with Crippen molar-refractivity contribution < 1.29 is 0 Å². The first-order valence-corrected chi connectivity index (χ1v) is 2.89. The summed E-state index contributed by atoms with van der Waals surface area (Å²) < 4.78 is 1.79. The third kappa shape index (κ3) is 0.630. The molecule has 0 fully saturated rings. The lowest BCUT2D eigenvalue weighted by Gasteiger charge is -2.01. The minimum atomic E-state index is 0.862. The molecular formula is C5H6N4. The Morgan fingerprint density at radius 1 is 1.56 bits per heavy atom. The Balaban J connectivity index is 2.53. The number of aromatic nitrogens is 4. The van der Waals surface area contributed by atoms with E-state index < -0.39 is 0 Å². The van der Waals surface area contributed by atoms with Crippen LogP contribution in [0.2, 0.25) is 0 Å². The Kier molecular flexibility index (Phi) is 0.855. The highest BCUT2D eigenvalue weighted by atomic mass is 15.5. The summed E-state index contributed by atoms with van der Waals surface area (Å²) >= 11 is 0. The van der Waals surface area contributed by atoms with Crippen molar-refractivity contribution in [2.24, 2.45) is 0 Å². The second kappa shape index (κ2) is 1.65. The minimum Gasteiger partial charge on any atom is -0.226 e. The van der Waals surface area contributed by atoms with Gasteiger partial charge in [-0.15, -0.1) is 5.10 Å². The van der Waals surface area contributed by atoms with E-state index in [4.69, 9.17) is 0 Å². The molecule has 1 aliphatic rings. The van der Waals surface area contributed by atoms with Gasteiger partial charge in [0.15, 0.2) is 5.82 Å². The van der Waals surface area contributed by atoms with Gasteiger partial charge < -0.3 is 0 Å². The second-order valence-electron chi connectivity index (χ2n) is 1.95. The Bertz CT molecular complexity index is 237. The average Bonchev–Trinajstić information content (AvgIpc) is 2.33. The van der Waals surface area contributed by atoms with Crippen LogP contribution in [0.5, 0.6) is 0 Å². The molecule has 0 aromatic carbocycles. The van der Waals surface area contributed by atoms with Crippen LogP contribution < -0.4 is 0 Å². The van der Waals surface area contributed by atoms with Gasteiger partial charge in [0.1, 0.15) is 0 Å². The van der Waals surface area contributed by atoms with Crippen LogP contribution in [0.1, 0.15) is 12.2 Å². The third-order valence-electron chi connectivity index (χ3n) is 1.33. The van der Waals surface area contributed by atoms with E-state index in [1.165, 1.54) is 0 Å². The van der Waals surface area contributed by atoms with Crippen LogP contribution >= 0.6 is 0 Å². The lowest BCUT2D eigenvalue weighted by atomic mass is 10.3. The van der Waals surface area contributed by atoms with Crippen molar-refractivity contribution in [1.82, 2.24) is 20.2 Å². The fourth-order valence-corrected chi connectivity index (χ4v) is 0.876. The molecule has 4 heteroatoms. The van der Waals surface area contributed by atoms with E-state index in [9.17, 15) is 0 Å². The molecule has 0 saturated carbocycles. The van der Waals surface area contributed by atoms with Crippen LogP contribution in [0.4, 0.5) is 0 Å². The highest BCUT2D eigenvalue weighted by Crippen LogP contribution is 2.04. The topological polar surface area (TPSA) is 43.6 Å². The zero-order chi connectivity index (χ0) is 6.10. The molecule has 0 amide bonds. The fourth-order valence-electron chi connectivity index (χ4n) is 0.876. The van der Waals surface area contributed by atoms with Crippen LogP contribution in [0.15, 0.2) is 6.08 Å². The number of aryl methyl sites for hydroxylation is 1. The molecule has 0 radical (unpaired) electrons. The van der Waals surface area contributed by atoms with Gasteiger partial charge in [0.05, 0.1) is 0 Å². The van der Waals surface area contributed by atoms with Gasteiger partial charge in [0.25, 0.3) is 0 Å². The number of tetrazole rings is 1. The first kappa shape index (κ1) is 4.67. The quantitative estimate of drug-likeness (QED) is 0.489. The van der Waals surface area contributed by atoms with Gasteiger partial charge in [0.2, 0.25) is 0 Å². The Morgan fingerprint density at radius 3 is 3.44 bits per heavy atom. The number of fused-ring (bicyclic) bond motifs is 1. The molecule has 0 aliphatic carbocycles. The maximum atomic E-state index is 3.77. The van der Waals surface area contributed by atoms with E-state index in [1.54, 1.807) is 4.68 Å². The maximum absolute atomic E-state index is 3.77. The highest BCUT2D eigenvalue weighted by Gasteiger charge is 2.03. The molecule has 4 nitrogen and oxygen atoms in total. The molecule has 2 heterocycles. The van der Waals surface area contributed by atoms with Crippen molar-refractivity contribution in [3.05, 3.63) is 11.9 Å². The zero-order valence-corrected chi connectivity index (χ0v) is 4.86. The first-order valence-electron chi connectivity index (χ1n) is 2.89. The normalized spacial score (nSPS) is 15.6. The van der Waals surface area contributed by atoms with Crippen LogP contribution in [-0.2, 0) is 6.54 Å². The molecule has 0 bridgehead atoms. The lowest BCUT2D eigenvalue weighted by Crippen LogP contribution is -2.04. The van der Waals surface area contributed by atoms with Crippen molar-refractivity contribution >= 4 is 6.08 Å². The van der Waals surface area contributed by atoms with Crippen molar-refractivity contribution in [2.75, 3.05) is 0 Å². The van der Waals surface area contributed by atoms with Crippen molar-refractivity contribution in [1.29, 1.82) is 0 Å². The molecule has 46 valence electrons. The molecule has 1 aliphatic heterocycles. The number of allylic oxidation sites excluding steroid dienone is 1. The molecule has 0 saturated heterocycles. The second-order valence-corrected chi connectivity index (χ2v) is 1.95. The summed E-state index contributed by atoms with van der Waals surface area (Å²) in [6.45, 7) is 0.916. The van der Waals surface area contributed by atoms with Gasteiger partial charge in [0, 0.05) is 6.54 Å². The standard InChI is InChI=1S/C5H6N4/c1-2-4-9-5(3-1)6-7-8-9/h1,3H,2,4H2. The molecule has 0 unspecified atom stereocenters. The van der Waals surface area contributed by atoms with Crippen molar-refractivity contribution in [3.63, 3.8) is 0 Å². The summed E-state index contributed by atoms with van der Waals surface area (Å²) in [7, 11) is 0. The summed E-state index contributed by atoms with van der Waals surface area (Å²) in [4.78, 5) is 0. The molecule has 9 heavy (non-hydrogen) atoms. The SMILES string of the molecule is C1=Cc2nnnn2CC1. The molecule has 0 N–H and O–H groups in total. The van der Waals surface area contributed by atoms with Crippen LogP contribution in [0.3, 0.4) is 0 Å². The Morgan fingerprint density at radius 2 is 2.56 bits per heavy atom. The summed E-state index contributed by atoms with van der Waals surface area (Å²) in [6, 6.07) is 0. The van der Waals surface area contributed by atoms with Gasteiger partial charge >= 0.3 is 0 Å². The van der Waals surface area contributed by atoms with E-state index >= 15 is 0 Å². The van der Waals surface area contributed by atoms with Gasteiger partial charge in [-0.05, 0) is 22.9 Å². The maximum Gasteiger partial charge on any atom is 0.174 e. The van der Waals surface area contributed by atoms with E-state index in [0.717, 1.165) is 18.8 Å². The number of nitrogens with zero attached hydrogens (tertiary/aromatic N) is 4. The Hall–Kier alpha value is -1.19. The first-order chi connectivity index (χ1) is 4.47. The average molecular weight is 122 g/mol. The molecule has 0 atom stereocenters. The van der Waals surface area contributed by atoms with Gasteiger partial charge in [-0.2, -0.15) is 0 Å². The van der Waals surface area contributed by atoms with E-state index in [-0.39, 0.29) is 0 Å². The molecular weight excluding hydrogens is 116 g/mol. The fraction of sp³-hybridized carbons (Fsp3) is 0.400. The van der Waals surface area contributed by atoms with Gasteiger partial charge in [-0.3, -0.25) is 0 Å². The predicted octanol–water partition coefficient (Wildman–Crippen LogP) is 0.0900. The third-order valence-corrected chi connectivity index (χ3v) is 1.33. The summed E-state index contributed by atoms with van der Waals surface area (Å²) in [5.74, 6) is 0.862. The largest absolute Gasteiger partial charge is 0.226 e. The summed E-state index contributed by atoms with van der Waals surface area (Å²) in [5, 5.41) is 11.0. The smallest absolute Gasteiger partial charge is 0.174 e. The number of hydrogen-bond donors (Lipinski definition) is 0. The summed E-state index contributed by atoms with van der Waals surface area (Å²) in [6.07, 6.45) is 5.05. The van der Waals surface area contributed by atoms with Crippen molar-refractivity contribution in [2.45, 2.75) is 13.0 Å². The molecule has 2 rings (SSSR count). The number of rotatable bonds is 0. The monoisotopic (exact) mass is 122 g/mol. The van der Waals surface area contributed by atoms with E-state index in [1.807, 2.05) is 6.08 Å². The Labute approximate surface area is 52.2 Å². The lowest BCUT2D eigenvalue weighted by molar-refractivity contribution is 0.585. The number of hydrogen-bond acceptors (Lipinski definition) is 3. The minimum absolute atomic E-state index is 0.862. The molecule has 0 spiro atoms. The van der Waals surface area contributed by atoms with Gasteiger partial charge in [-0.25, -0.2) is 4.68 Å². The molecule has 1 aromatic rings. The van der Waals surface area contributed by atoms with Crippen LogP contribution in [0, 0.1) is 0 Å². The zero-order valence-electron chi connectivity index (χ0n) is 4.86. The van der Waals surface area contributed by atoms with Crippen LogP contribution in [0.25, 0.3) is 6.08 Å². The predicted molar refractivity (Wildman–Crippen MR) is 31.5 cm³/mol. The molecule has 1 aromatic heterocycles. The van der Waals surface area contributed by atoms with E-state index in [0.29, 0.717) is 0 Å². The summed E-state index contributed by atoms with van der Waals surface area (Å²) in [5.41, 5.74) is 0. The van der Waals surface area contributed by atoms with Crippen LogP contribution in [-0.4, -0.2) is 20.2 Å². The van der Waals surface area contributed by atoms with E-state index in [2.05, 4.69) is 21.6 Å².